The van der Waals surface area contributed by atoms with Crippen molar-refractivity contribution in [3.8, 4) is 0 Å². The molecule has 0 aliphatic rings. The van der Waals surface area contributed by atoms with Crippen molar-refractivity contribution in [2.24, 2.45) is 5.73 Å². The van der Waals surface area contributed by atoms with Crippen LogP contribution in [-0.2, 0) is 9.47 Å². The van der Waals surface area contributed by atoms with Crippen LogP contribution in [0.25, 0.3) is 0 Å². The first-order valence-corrected chi connectivity index (χ1v) is 2.67. The number of ether oxygens (including phenoxy) is 2. The summed E-state index contributed by atoms with van der Waals surface area (Å²) in [5, 5.41) is 0. The van der Waals surface area contributed by atoms with Gasteiger partial charge in [-0.1, -0.05) is 0 Å². The second-order valence-corrected chi connectivity index (χ2v) is 1.45. The van der Waals surface area contributed by atoms with E-state index in [1.807, 2.05) is 6.92 Å². The lowest BCUT2D eigenvalue weighted by Crippen LogP contribution is -2.28. The molecule has 3 nitrogen and oxygen atoms in total. The second kappa shape index (κ2) is 5.03. The van der Waals surface area contributed by atoms with E-state index in [2.05, 4.69) is 0 Å². The summed E-state index contributed by atoms with van der Waals surface area (Å²) in [6, 6.07) is 0. The van der Waals surface area contributed by atoms with Crippen molar-refractivity contribution >= 4 is 0 Å². The number of rotatable bonds is 4. The molecule has 0 amide bonds. The van der Waals surface area contributed by atoms with Crippen molar-refractivity contribution in [2.75, 3.05) is 20.3 Å². The molecule has 0 aliphatic heterocycles. The van der Waals surface area contributed by atoms with Gasteiger partial charge < -0.3 is 15.2 Å². The van der Waals surface area contributed by atoms with Gasteiger partial charge in [0.2, 0.25) is 0 Å². The third-order valence-corrected chi connectivity index (χ3v) is 0.712. The molecular formula is C5H13NO2. The lowest BCUT2D eigenvalue weighted by atomic mass is 10.6. The van der Waals surface area contributed by atoms with Crippen molar-refractivity contribution < 1.29 is 9.47 Å². The predicted molar refractivity (Wildman–Crippen MR) is 31.5 cm³/mol. The van der Waals surface area contributed by atoms with Crippen LogP contribution >= 0.6 is 0 Å². The Labute approximate surface area is 49.8 Å². The predicted octanol–water partition coefficient (Wildman–Crippen LogP) is -0.0459. The normalized spacial score (nSPS) is 13.9. The maximum Gasteiger partial charge on any atom is 0.129 e. The number of hydrogen-bond donors (Lipinski definition) is 1. The van der Waals surface area contributed by atoms with Crippen LogP contribution in [-0.4, -0.2) is 26.6 Å². The van der Waals surface area contributed by atoms with Gasteiger partial charge in [0.1, 0.15) is 6.23 Å². The van der Waals surface area contributed by atoms with Gasteiger partial charge in [0.25, 0.3) is 0 Å². The Morgan fingerprint density at radius 2 is 2.25 bits per heavy atom. The lowest BCUT2D eigenvalue weighted by Gasteiger charge is -2.08. The first kappa shape index (κ1) is 7.88. The van der Waals surface area contributed by atoms with Crippen molar-refractivity contribution in [3.05, 3.63) is 0 Å². The highest BCUT2D eigenvalue weighted by molar-refractivity contribution is 4.40. The van der Waals surface area contributed by atoms with Crippen LogP contribution in [0, 0.1) is 0 Å². The zero-order chi connectivity index (χ0) is 6.41. The van der Waals surface area contributed by atoms with E-state index < -0.39 is 0 Å². The number of hydrogen-bond acceptors (Lipinski definition) is 3. The fourth-order valence-electron chi connectivity index (χ4n) is 0.426. The first-order chi connectivity index (χ1) is 3.81. The fraction of sp³-hybridized carbons (Fsp3) is 1.00. The lowest BCUT2D eigenvalue weighted by molar-refractivity contribution is 0.00824. The Kier molecular flexibility index (Phi) is 4.95. The molecule has 0 radical (unpaired) electrons. The highest BCUT2D eigenvalue weighted by Crippen LogP contribution is 1.80. The summed E-state index contributed by atoms with van der Waals surface area (Å²) >= 11 is 0. The van der Waals surface area contributed by atoms with E-state index in [4.69, 9.17) is 15.2 Å². The third kappa shape index (κ3) is 4.05. The third-order valence-electron chi connectivity index (χ3n) is 0.712. The van der Waals surface area contributed by atoms with E-state index >= 15 is 0 Å². The largest absolute Gasteiger partial charge is 0.381 e. The molecular weight excluding hydrogens is 106 g/mol. The Bertz CT molecular complexity index is 43.7. The monoisotopic (exact) mass is 119 g/mol. The van der Waals surface area contributed by atoms with Gasteiger partial charge >= 0.3 is 0 Å². The van der Waals surface area contributed by atoms with Crippen LogP contribution in [0.15, 0.2) is 0 Å². The molecule has 1 unspecified atom stereocenters. The molecule has 0 bridgehead atoms. The summed E-state index contributed by atoms with van der Waals surface area (Å²) in [7, 11) is 1.60. The summed E-state index contributed by atoms with van der Waals surface area (Å²) in [5.74, 6) is 0. The van der Waals surface area contributed by atoms with Crippen molar-refractivity contribution in [3.63, 3.8) is 0 Å². The average molecular weight is 119 g/mol. The second-order valence-electron chi connectivity index (χ2n) is 1.45. The van der Waals surface area contributed by atoms with Gasteiger partial charge in [-0.25, -0.2) is 0 Å². The standard InChI is InChI=1S/C5H13NO2/c1-3-8-5(6)4-7-2/h5H,3-4,6H2,1-2H3. The zero-order valence-corrected chi connectivity index (χ0v) is 5.39. The SMILES string of the molecule is CCOC(N)COC. The maximum atomic E-state index is 5.35. The smallest absolute Gasteiger partial charge is 0.129 e. The summed E-state index contributed by atoms with van der Waals surface area (Å²) in [6.07, 6.45) is -0.259. The van der Waals surface area contributed by atoms with Crippen LogP contribution in [0.3, 0.4) is 0 Å². The van der Waals surface area contributed by atoms with Gasteiger partial charge in [-0.2, -0.15) is 0 Å². The van der Waals surface area contributed by atoms with Gasteiger partial charge in [0.15, 0.2) is 0 Å². The van der Waals surface area contributed by atoms with Gasteiger partial charge in [0.05, 0.1) is 6.61 Å². The highest BCUT2D eigenvalue weighted by atomic mass is 16.5. The van der Waals surface area contributed by atoms with Gasteiger partial charge in [0, 0.05) is 13.7 Å². The van der Waals surface area contributed by atoms with Crippen molar-refractivity contribution in [1.82, 2.24) is 0 Å². The highest BCUT2D eigenvalue weighted by Gasteiger charge is 1.96. The maximum absolute atomic E-state index is 5.35. The topological polar surface area (TPSA) is 44.5 Å². The quantitative estimate of drug-likeness (QED) is 0.528. The molecule has 0 saturated heterocycles. The minimum atomic E-state index is -0.259. The van der Waals surface area contributed by atoms with Gasteiger partial charge in [-0.15, -0.1) is 0 Å². The summed E-state index contributed by atoms with van der Waals surface area (Å²) < 4.78 is 9.64. The molecule has 0 aliphatic carbocycles. The van der Waals surface area contributed by atoms with Gasteiger partial charge in [-0.3, -0.25) is 0 Å². The summed E-state index contributed by atoms with van der Waals surface area (Å²) in [5.41, 5.74) is 5.35. The fourth-order valence-corrected chi connectivity index (χ4v) is 0.426. The van der Waals surface area contributed by atoms with Crippen LogP contribution in [0.4, 0.5) is 0 Å². The molecule has 1 atom stereocenters. The van der Waals surface area contributed by atoms with E-state index in [0.717, 1.165) is 0 Å². The van der Waals surface area contributed by atoms with E-state index in [1.54, 1.807) is 7.11 Å². The van der Waals surface area contributed by atoms with Gasteiger partial charge in [-0.05, 0) is 6.92 Å². The molecule has 0 aromatic carbocycles. The Morgan fingerprint density at radius 1 is 1.62 bits per heavy atom. The molecule has 0 saturated carbocycles. The molecule has 2 N–H and O–H groups in total. The van der Waals surface area contributed by atoms with Crippen LogP contribution in [0.5, 0.6) is 0 Å². The zero-order valence-electron chi connectivity index (χ0n) is 5.39. The molecule has 0 aromatic heterocycles. The van der Waals surface area contributed by atoms with E-state index in [0.29, 0.717) is 13.2 Å². The number of nitrogens with two attached hydrogens (primary N) is 1. The van der Waals surface area contributed by atoms with Crippen LogP contribution < -0.4 is 5.73 Å². The molecule has 8 heavy (non-hydrogen) atoms. The minimum absolute atomic E-state index is 0.259. The van der Waals surface area contributed by atoms with Crippen LogP contribution in [0.2, 0.25) is 0 Å². The Balaban J connectivity index is 2.92. The molecule has 50 valence electrons. The van der Waals surface area contributed by atoms with Crippen LogP contribution in [0.1, 0.15) is 6.92 Å². The van der Waals surface area contributed by atoms with Crippen molar-refractivity contribution in [2.45, 2.75) is 13.2 Å². The van der Waals surface area contributed by atoms with E-state index in [9.17, 15) is 0 Å². The Hall–Kier alpha value is -0.120. The molecule has 3 heteroatoms. The van der Waals surface area contributed by atoms with E-state index in [1.165, 1.54) is 0 Å². The van der Waals surface area contributed by atoms with Crippen molar-refractivity contribution in [1.29, 1.82) is 0 Å². The summed E-state index contributed by atoms with van der Waals surface area (Å²) in [6.45, 7) is 3.01. The minimum Gasteiger partial charge on any atom is -0.381 e. The molecule has 0 fully saturated rings. The molecule has 0 rings (SSSR count). The molecule has 0 spiro atoms. The van der Waals surface area contributed by atoms with E-state index in [-0.39, 0.29) is 6.23 Å². The number of methoxy groups -OCH3 is 1. The summed E-state index contributed by atoms with van der Waals surface area (Å²) in [4.78, 5) is 0. The molecule has 0 heterocycles. The first-order valence-electron chi connectivity index (χ1n) is 2.67. The average Bonchev–Trinajstić information content (AvgIpc) is 1.68. The molecule has 0 aromatic rings. The Morgan fingerprint density at radius 3 is 2.62 bits per heavy atom.